The smallest absolute Gasteiger partial charge is 0.411 e. The third kappa shape index (κ3) is 8.45. The van der Waals surface area contributed by atoms with Crippen LogP contribution < -0.4 is 10.1 Å². The van der Waals surface area contributed by atoms with Gasteiger partial charge in [0.2, 0.25) is 0 Å². The van der Waals surface area contributed by atoms with Crippen LogP contribution in [0.2, 0.25) is 0 Å². The SMILES string of the molecule is CCCCCOc1ccc(NC(=O)OCCN(CC)CC)cc1. The van der Waals surface area contributed by atoms with E-state index in [4.69, 9.17) is 9.47 Å². The Bertz CT molecular complexity index is 430. The normalized spacial score (nSPS) is 10.6. The van der Waals surface area contributed by atoms with E-state index in [0.717, 1.165) is 38.4 Å². The van der Waals surface area contributed by atoms with Crippen LogP contribution in [0.25, 0.3) is 0 Å². The predicted molar refractivity (Wildman–Crippen MR) is 94.2 cm³/mol. The molecule has 0 unspecified atom stereocenters. The van der Waals surface area contributed by atoms with Crippen LogP contribution in [0.1, 0.15) is 40.0 Å². The molecular formula is C18H30N2O3. The van der Waals surface area contributed by atoms with Crippen molar-refractivity contribution in [3.8, 4) is 5.75 Å². The molecule has 1 aromatic rings. The first-order valence-corrected chi connectivity index (χ1v) is 8.58. The summed E-state index contributed by atoms with van der Waals surface area (Å²) < 4.78 is 10.8. The number of benzene rings is 1. The first-order chi connectivity index (χ1) is 11.2. The molecule has 0 aromatic heterocycles. The molecule has 0 atom stereocenters. The molecule has 5 nitrogen and oxygen atoms in total. The highest BCUT2D eigenvalue weighted by Gasteiger charge is 2.05. The molecule has 0 radical (unpaired) electrons. The van der Waals surface area contributed by atoms with Crippen LogP contribution in [0.3, 0.4) is 0 Å². The van der Waals surface area contributed by atoms with Gasteiger partial charge in [0.15, 0.2) is 0 Å². The van der Waals surface area contributed by atoms with E-state index in [1.54, 1.807) is 0 Å². The summed E-state index contributed by atoms with van der Waals surface area (Å²) in [5.41, 5.74) is 0.707. The van der Waals surface area contributed by atoms with Gasteiger partial charge in [-0.15, -0.1) is 0 Å². The van der Waals surface area contributed by atoms with Crippen molar-refractivity contribution in [1.29, 1.82) is 0 Å². The van der Waals surface area contributed by atoms with Crippen LogP contribution in [0, 0.1) is 0 Å². The Kier molecular flexibility index (Phi) is 9.87. The molecule has 1 amide bonds. The fraction of sp³-hybridized carbons (Fsp3) is 0.611. The highest BCUT2D eigenvalue weighted by molar-refractivity contribution is 5.84. The van der Waals surface area contributed by atoms with Crippen molar-refractivity contribution >= 4 is 11.8 Å². The van der Waals surface area contributed by atoms with Crippen molar-refractivity contribution in [3.05, 3.63) is 24.3 Å². The van der Waals surface area contributed by atoms with Crippen LogP contribution in [0.5, 0.6) is 5.75 Å². The maximum absolute atomic E-state index is 11.7. The third-order valence-corrected chi connectivity index (χ3v) is 3.65. The van der Waals surface area contributed by atoms with Crippen LogP contribution in [0.4, 0.5) is 10.5 Å². The third-order valence-electron chi connectivity index (χ3n) is 3.65. The number of amides is 1. The van der Waals surface area contributed by atoms with E-state index in [1.807, 2.05) is 24.3 Å². The second kappa shape index (κ2) is 11.8. The van der Waals surface area contributed by atoms with Gasteiger partial charge in [0.1, 0.15) is 12.4 Å². The molecule has 23 heavy (non-hydrogen) atoms. The minimum absolute atomic E-state index is 0.395. The lowest BCUT2D eigenvalue weighted by Crippen LogP contribution is -2.28. The molecule has 5 heteroatoms. The summed E-state index contributed by atoms with van der Waals surface area (Å²) in [5, 5.41) is 2.72. The number of rotatable bonds is 11. The van der Waals surface area contributed by atoms with Gasteiger partial charge in [-0.2, -0.15) is 0 Å². The Morgan fingerprint density at radius 3 is 2.35 bits per heavy atom. The van der Waals surface area contributed by atoms with Crippen LogP contribution in [0.15, 0.2) is 24.3 Å². The number of nitrogens with one attached hydrogen (secondary N) is 1. The van der Waals surface area contributed by atoms with Crippen LogP contribution in [-0.4, -0.2) is 43.8 Å². The minimum Gasteiger partial charge on any atom is -0.494 e. The molecule has 0 saturated carbocycles. The minimum atomic E-state index is -0.422. The second-order valence-corrected chi connectivity index (χ2v) is 5.37. The fourth-order valence-corrected chi connectivity index (χ4v) is 2.14. The standard InChI is InChI=1S/C18H30N2O3/c1-4-7-8-14-22-17-11-9-16(10-12-17)19-18(21)23-15-13-20(5-2)6-3/h9-12H,4-8,13-15H2,1-3H3,(H,19,21). The first-order valence-electron chi connectivity index (χ1n) is 8.58. The van der Waals surface area contributed by atoms with Crippen molar-refractivity contribution in [1.82, 2.24) is 4.90 Å². The van der Waals surface area contributed by atoms with Gasteiger partial charge in [0.05, 0.1) is 6.61 Å². The van der Waals surface area contributed by atoms with Gasteiger partial charge in [-0.25, -0.2) is 4.79 Å². The highest BCUT2D eigenvalue weighted by Crippen LogP contribution is 2.16. The molecule has 0 bridgehead atoms. The van der Waals surface area contributed by atoms with Crippen LogP contribution in [-0.2, 0) is 4.74 Å². The van der Waals surface area contributed by atoms with Gasteiger partial charge in [0, 0.05) is 12.2 Å². The van der Waals surface area contributed by atoms with Gasteiger partial charge in [-0.05, 0) is 43.8 Å². The molecule has 0 saturated heterocycles. The first kappa shape index (κ1) is 19.3. The highest BCUT2D eigenvalue weighted by atomic mass is 16.5. The summed E-state index contributed by atoms with van der Waals surface area (Å²) in [4.78, 5) is 13.9. The number of unbranched alkanes of at least 4 members (excludes halogenated alkanes) is 2. The number of ether oxygens (including phenoxy) is 2. The zero-order valence-corrected chi connectivity index (χ0v) is 14.6. The second-order valence-electron chi connectivity index (χ2n) is 5.37. The van der Waals surface area contributed by atoms with Crippen molar-refractivity contribution in [2.24, 2.45) is 0 Å². The summed E-state index contributed by atoms with van der Waals surface area (Å²) in [5.74, 6) is 0.821. The molecule has 0 fully saturated rings. The molecule has 0 aliphatic heterocycles. The van der Waals surface area contributed by atoms with Crippen molar-refractivity contribution < 1.29 is 14.3 Å². The average Bonchev–Trinajstić information content (AvgIpc) is 2.57. The van der Waals surface area contributed by atoms with Gasteiger partial charge >= 0.3 is 6.09 Å². The fourth-order valence-electron chi connectivity index (χ4n) is 2.14. The van der Waals surface area contributed by atoms with Crippen molar-refractivity contribution in [3.63, 3.8) is 0 Å². The number of carbonyl (C=O) groups excluding carboxylic acids is 1. The number of likely N-dealkylation sites (N-methyl/N-ethyl adjacent to an activating group) is 1. The van der Waals surface area contributed by atoms with E-state index in [1.165, 1.54) is 12.8 Å². The molecule has 0 aliphatic rings. The van der Waals surface area contributed by atoms with Gasteiger partial charge in [-0.3, -0.25) is 5.32 Å². The average molecular weight is 322 g/mol. The van der Waals surface area contributed by atoms with E-state index in [9.17, 15) is 4.79 Å². The number of nitrogens with zero attached hydrogens (tertiary/aromatic N) is 1. The van der Waals surface area contributed by atoms with E-state index >= 15 is 0 Å². The molecule has 1 rings (SSSR count). The van der Waals surface area contributed by atoms with Crippen LogP contribution >= 0.6 is 0 Å². The summed E-state index contributed by atoms with van der Waals surface area (Å²) in [6.45, 7) is 10.2. The molecule has 1 N–H and O–H groups in total. The van der Waals surface area contributed by atoms with E-state index in [2.05, 4.69) is 31.0 Å². The number of anilines is 1. The summed E-state index contributed by atoms with van der Waals surface area (Å²) in [6, 6.07) is 7.36. The summed E-state index contributed by atoms with van der Waals surface area (Å²) in [7, 11) is 0. The largest absolute Gasteiger partial charge is 0.494 e. The lowest BCUT2D eigenvalue weighted by molar-refractivity contribution is 0.142. The monoisotopic (exact) mass is 322 g/mol. The zero-order valence-electron chi connectivity index (χ0n) is 14.6. The zero-order chi connectivity index (χ0) is 16.9. The van der Waals surface area contributed by atoms with E-state index in [-0.39, 0.29) is 0 Å². The van der Waals surface area contributed by atoms with Gasteiger partial charge < -0.3 is 14.4 Å². The van der Waals surface area contributed by atoms with E-state index < -0.39 is 6.09 Å². The quantitative estimate of drug-likeness (QED) is 0.622. The topological polar surface area (TPSA) is 50.8 Å². The molecule has 0 heterocycles. The Labute approximate surface area is 140 Å². The molecule has 130 valence electrons. The molecule has 1 aromatic carbocycles. The Morgan fingerprint density at radius 2 is 1.74 bits per heavy atom. The number of carbonyl (C=O) groups is 1. The van der Waals surface area contributed by atoms with E-state index in [0.29, 0.717) is 12.3 Å². The van der Waals surface area contributed by atoms with Gasteiger partial charge in [0.25, 0.3) is 0 Å². The predicted octanol–water partition coefficient (Wildman–Crippen LogP) is 4.15. The number of hydrogen-bond acceptors (Lipinski definition) is 4. The Hall–Kier alpha value is -1.75. The van der Waals surface area contributed by atoms with Gasteiger partial charge in [-0.1, -0.05) is 33.6 Å². The maximum Gasteiger partial charge on any atom is 0.411 e. The van der Waals surface area contributed by atoms with Crippen molar-refractivity contribution in [2.75, 3.05) is 38.2 Å². The summed E-state index contributed by atoms with van der Waals surface area (Å²) >= 11 is 0. The Morgan fingerprint density at radius 1 is 1.04 bits per heavy atom. The summed E-state index contributed by atoms with van der Waals surface area (Å²) in [6.07, 6.45) is 3.01. The molecule has 0 aliphatic carbocycles. The Balaban J connectivity index is 2.27. The molecular weight excluding hydrogens is 292 g/mol. The van der Waals surface area contributed by atoms with Crippen molar-refractivity contribution in [2.45, 2.75) is 40.0 Å². The maximum atomic E-state index is 11.7. The lowest BCUT2D eigenvalue weighted by Gasteiger charge is -2.17. The number of hydrogen-bond donors (Lipinski definition) is 1. The molecule has 0 spiro atoms. The lowest BCUT2D eigenvalue weighted by atomic mass is 10.2.